The van der Waals surface area contributed by atoms with Crippen molar-refractivity contribution >= 4 is 11.8 Å². The van der Waals surface area contributed by atoms with Crippen LogP contribution in [-0.2, 0) is 0 Å². The first-order valence-electron chi connectivity index (χ1n) is 6.93. The van der Waals surface area contributed by atoms with Crippen molar-refractivity contribution in [3.8, 4) is 0 Å². The summed E-state index contributed by atoms with van der Waals surface area (Å²) in [6.07, 6.45) is 0. The van der Waals surface area contributed by atoms with Gasteiger partial charge in [0.05, 0.1) is 6.04 Å². The van der Waals surface area contributed by atoms with Gasteiger partial charge in [-0.3, -0.25) is 14.8 Å². The maximum Gasteiger partial charge on any atom is 0.274 e. The predicted molar refractivity (Wildman–Crippen MR) is 82.8 cm³/mol. The lowest BCUT2D eigenvalue weighted by Gasteiger charge is -2.15. The lowest BCUT2D eigenvalue weighted by Crippen LogP contribution is -2.27. The van der Waals surface area contributed by atoms with Crippen molar-refractivity contribution in [2.75, 3.05) is 0 Å². The number of benzene rings is 2. The number of nitrogens with one attached hydrogen (secondary N) is 2. The van der Waals surface area contributed by atoms with E-state index in [-0.39, 0.29) is 11.9 Å². The molecular weight excluding hydrogens is 280 g/mol. The molecule has 5 nitrogen and oxygen atoms in total. The molecule has 0 radical (unpaired) electrons. The molecule has 2 aromatic carbocycles. The van der Waals surface area contributed by atoms with Crippen LogP contribution in [0.5, 0.6) is 0 Å². The van der Waals surface area contributed by atoms with Crippen LogP contribution >= 0.6 is 0 Å². The van der Waals surface area contributed by atoms with Crippen LogP contribution < -0.4 is 10.8 Å². The maximum atomic E-state index is 12.2. The lowest BCUT2D eigenvalue weighted by molar-refractivity contribution is 0.0706. The maximum absolute atomic E-state index is 12.2. The Bertz CT molecular complexity index is 681. The summed E-state index contributed by atoms with van der Waals surface area (Å²) in [6.45, 7) is 3.80. The minimum atomic E-state index is -0.584. The van der Waals surface area contributed by atoms with E-state index < -0.39 is 5.91 Å². The highest BCUT2D eigenvalue weighted by molar-refractivity contribution is 5.95. The number of amides is 2. The molecule has 0 aromatic heterocycles. The summed E-state index contributed by atoms with van der Waals surface area (Å²) in [5.74, 6) is -0.761. The van der Waals surface area contributed by atoms with Crippen LogP contribution in [0.3, 0.4) is 0 Å². The Balaban J connectivity index is 2.11. The summed E-state index contributed by atoms with van der Waals surface area (Å²) in [7, 11) is 0. The number of carbonyl (C=O) groups excluding carboxylic acids is 2. The monoisotopic (exact) mass is 298 g/mol. The molecule has 0 aliphatic carbocycles. The van der Waals surface area contributed by atoms with Gasteiger partial charge in [-0.1, -0.05) is 29.8 Å². The summed E-state index contributed by atoms with van der Waals surface area (Å²) < 4.78 is 0. The highest BCUT2D eigenvalue weighted by Crippen LogP contribution is 2.15. The molecule has 0 aliphatic heterocycles. The second-order valence-corrected chi connectivity index (χ2v) is 5.13. The molecule has 2 amide bonds. The highest BCUT2D eigenvalue weighted by Gasteiger charge is 2.13. The predicted octanol–water partition coefficient (Wildman–Crippen LogP) is 2.61. The van der Waals surface area contributed by atoms with Crippen LogP contribution in [0.25, 0.3) is 0 Å². The van der Waals surface area contributed by atoms with Gasteiger partial charge in [-0.15, -0.1) is 0 Å². The molecule has 0 saturated carbocycles. The quantitative estimate of drug-likeness (QED) is 0.599. The number of hydrogen-bond acceptors (Lipinski definition) is 3. The Morgan fingerprint density at radius 1 is 1.00 bits per heavy atom. The molecule has 2 rings (SSSR count). The lowest BCUT2D eigenvalue weighted by atomic mass is 10.0. The average molecular weight is 298 g/mol. The number of aryl methyl sites for hydroxylation is 1. The van der Waals surface area contributed by atoms with Gasteiger partial charge in [0.1, 0.15) is 0 Å². The third-order valence-corrected chi connectivity index (χ3v) is 3.41. The molecule has 0 aliphatic rings. The van der Waals surface area contributed by atoms with E-state index in [4.69, 9.17) is 5.21 Å². The van der Waals surface area contributed by atoms with Crippen molar-refractivity contribution < 1.29 is 14.8 Å². The smallest absolute Gasteiger partial charge is 0.274 e. The fourth-order valence-electron chi connectivity index (χ4n) is 2.08. The SMILES string of the molecule is Cc1ccc(C(=O)NC(C)c2cccc(C(=O)NO)c2)cc1. The minimum absolute atomic E-state index is 0.176. The van der Waals surface area contributed by atoms with Gasteiger partial charge in [-0.25, -0.2) is 5.48 Å². The first-order valence-corrected chi connectivity index (χ1v) is 6.93. The van der Waals surface area contributed by atoms with Crippen molar-refractivity contribution in [3.05, 3.63) is 70.8 Å². The Labute approximate surface area is 128 Å². The van der Waals surface area contributed by atoms with E-state index in [0.717, 1.165) is 11.1 Å². The zero-order chi connectivity index (χ0) is 16.1. The fourth-order valence-corrected chi connectivity index (χ4v) is 2.08. The molecule has 2 aromatic rings. The standard InChI is InChI=1S/C17H18N2O3/c1-11-6-8-13(9-7-11)16(20)18-12(2)14-4-3-5-15(10-14)17(21)19-22/h3-10,12,22H,1-2H3,(H,18,20)(H,19,21). The molecule has 3 N–H and O–H groups in total. The van der Waals surface area contributed by atoms with Crippen molar-refractivity contribution in [1.82, 2.24) is 10.8 Å². The van der Waals surface area contributed by atoms with E-state index in [1.54, 1.807) is 35.8 Å². The Hall–Kier alpha value is -2.66. The number of rotatable bonds is 4. The van der Waals surface area contributed by atoms with Crippen LogP contribution in [0, 0.1) is 6.92 Å². The van der Waals surface area contributed by atoms with Gasteiger partial charge in [0, 0.05) is 11.1 Å². The Morgan fingerprint density at radius 2 is 1.68 bits per heavy atom. The molecule has 0 fully saturated rings. The second kappa shape index (κ2) is 6.87. The summed E-state index contributed by atoms with van der Waals surface area (Å²) >= 11 is 0. The first kappa shape index (κ1) is 15.7. The van der Waals surface area contributed by atoms with Gasteiger partial charge in [0.25, 0.3) is 11.8 Å². The zero-order valence-electron chi connectivity index (χ0n) is 12.5. The van der Waals surface area contributed by atoms with Crippen molar-refractivity contribution in [2.24, 2.45) is 0 Å². The highest BCUT2D eigenvalue weighted by atomic mass is 16.5. The van der Waals surface area contributed by atoms with E-state index in [0.29, 0.717) is 11.1 Å². The van der Waals surface area contributed by atoms with Crippen LogP contribution in [-0.4, -0.2) is 17.0 Å². The average Bonchev–Trinajstić information content (AvgIpc) is 2.54. The molecular formula is C17H18N2O3. The van der Waals surface area contributed by atoms with E-state index in [1.807, 2.05) is 32.0 Å². The molecule has 114 valence electrons. The third-order valence-electron chi connectivity index (χ3n) is 3.41. The molecule has 0 bridgehead atoms. The molecule has 1 unspecified atom stereocenters. The summed E-state index contributed by atoms with van der Waals surface area (Å²) in [5.41, 5.74) is 4.38. The van der Waals surface area contributed by atoms with Crippen LogP contribution in [0.15, 0.2) is 48.5 Å². The van der Waals surface area contributed by atoms with Crippen LogP contribution in [0.4, 0.5) is 0 Å². The minimum Gasteiger partial charge on any atom is -0.346 e. The Morgan fingerprint density at radius 3 is 2.32 bits per heavy atom. The van der Waals surface area contributed by atoms with Gasteiger partial charge < -0.3 is 5.32 Å². The molecule has 5 heteroatoms. The van der Waals surface area contributed by atoms with Crippen molar-refractivity contribution in [2.45, 2.75) is 19.9 Å². The van der Waals surface area contributed by atoms with E-state index in [9.17, 15) is 9.59 Å². The van der Waals surface area contributed by atoms with E-state index in [2.05, 4.69) is 5.32 Å². The molecule has 0 heterocycles. The van der Waals surface area contributed by atoms with Gasteiger partial charge in [0.15, 0.2) is 0 Å². The summed E-state index contributed by atoms with van der Waals surface area (Å²) in [6, 6.07) is 13.8. The number of hydroxylamine groups is 1. The van der Waals surface area contributed by atoms with E-state index >= 15 is 0 Å². The zero-order valence-corrected chi connectivity index (χ0v) is 12.5. The van der Waals surface area contributed by atoms with Gasteiger partial charge in [-0.2, -0.15) is 0 Å². The normalized spacial score (nSPS) is 11.6. The Kier molecular flexibility index (Phi) is 4.91. The second-order valence-electron chi connectivity index (χ2n) is 5.13. The van der Waals surface area contributed by atoms with Crippen LogP contribution in [0.2, 0.25) is 0 Å². The van der Waals surface area contributed by atoms with Crippen molar-refractivity contribution in [1.29, 1.82) is 0 Å². The van der Waals surface area contributed by atoms with Crippen molar-refractivity contribution in [3.63, 3.8) is 0 Å². The van der Waals surface area contributed by atoms with E-state index in [1.165, 1.54) is 0 Å². The van der Waals surface area contributed by atoms with Gasteiger partial charge in [0.2, 0.25) is 0 Å². The fraction of sp³-hybridized carbons (Fsp3) is 0.176. The largest absolute Gasteiger partial charge is 0.346 e. The number of carbonyl (C=O) groups is 2. The van der Waals surface area contributed by atoms with Gasteiger partial charge in [-0.05, 0) is 43.7 Å². The summed E-state index contributed by atoms with van der Waals surface area (Å²) in [5, 5.41) is 11.5. The molecule has 22 heavy (non-hydrogen) atoms. The third kappa shape index (κ3) is 3.71. The summed E-state index contributed by atoms with van der Waals surface area (Å²) in [4.78, 5) is 23.6. The first-order chi connectivity index (χ1) is 10.5. The topological polar surface area (TPSA) is 78.4 Å². The number of hydrogen-bond donors (Lipinski definition) is 3. The molecule has 1 atom stereocenters. The van der Waals surface area contributed by atoms with Gasteiger partial charge >= 0.3 is 0 Å². The van der Waals surface area contributed by atoms with Crippen LogP contribution in [0.1, 0.15) is 44.8 Å². The molecule has 0 saturated heterocycles. The molecule has 0 spiro atoms.